The van der Waals surface area contributed by atoms with Gasteiger partial charge in [0.05, 0.1) is 13.2 Å². The predicted octanol–water partition coefficient (Wildman–Crippen LogP) is -3.22. The van der Waals surface area contributed by atoms with E-state index < -0.39 is 37.3 Å². The van der Waals surface area contributed by atoms with Crippen molar-refractivity contribution < 1.29 is 30.3 Å². The lowest BCUT2D eigenvalue weighted by molar-refractivity contribution is -0.191. The monoisotopic (exact) mass is 180 g/mol. The summed E-state index contributed by atoms with van der Waals surface area (Å²) in [5.41, 5.74) is -2.09. The van der Waals surface area contributed by atoms with Crippen LogP contribution >= 0.6 is 0 Å². The Kier molecular flexibility index (Phi) is 2.67. The molecule has 0 amide bonds. The van der Waals surface area contributed by atoms with Crippen molar-refractivity contribution in [2.45, 2.75) is 24.1 Å². The minimum atomic E-state index is -2.09. The summed E-state index contributed by atoms with van der Waals surface area (Å²) in [6, 6.07) is 0. The summed E-state index contributed by atoms with van der Waals surface area (Å²) in [5.74, 6) is 0. The Morgan fingerprint density at radius 1 is 1.25 bits per heavy atom. The van der Waals surface area contributed by atoms with E-state index in [1.54, 1.807) is 0 Å². The molecule has 0 bridgehead atoms. The number of hydrogen-bond donors (Lipinski definition) is 5. The van der Waals surface area contributed by atoms with E-state index in [1.165, 1.54) is 0 Å². The first kappa shape index (κ1) is 9.85. The van der Waals surface area contributed by atoms with Gasteiger partial charge in [-0.25, -0.2) is 0 Å². The van der Waals surface area contributed by atoms with E-state index in [4.69, 9.17) is 15.3 Å². The van der Waals surface area contributed by atoms with Crippen LogP contribution in [0.3, 0.4) is 0 Å². The molecule has 12 heavy (non-hydrogen) atoms. The number of aliphatic hydroxyl groups is 5. The zero-order valence-corrected chi connectivity index (χ0v) is 6.29. The van der Waals surface area contributed by atoms with Crippen LogP contribution in [0.1, 0.15) is 0 Å². The quantitative estimate of drug-likeness (QED) is 0.306. The molecule has 0 aromatic heterocycles. The van der Waals surface area contributed by atoms with Crippen molar-refractivity contribution in [3.63, 3.8) is 0 Å². The van der Waals surface area contributed by atoms with Crippen LogP contribution < -0.4 is 0 Å². The van der Waals surface area contributed by atoms with Gasteiger partial charge in [-0.15, -0.1) is 0 Å². The molecule has 0 spiro atoms. The molecular weight excluding hydrogens is 168 g/mol. The van der Waals surface area contributed by atoms with Crippen molar-refractivity contribution in [1.82, 2.24) is 0 Å². The van der Waals surface area contributed by atoms with Gasteiger partial charge in [-0.1, -0.05) is 0 Å². The second-order valence-electron chi connectivity index (χ2n) is 2.80. The molecule has 0 aromatic rings. The zero-order valence-electron chi connectivity index (χ0n) is 6.29. The molecule has 6 heteroatoms. The highest BCUT2D eigenvalue weighted by Gasteiger charge is 2.54. The molecule has 72 valence electrons. The third kappa shape index (κ3) is 1.22. The molecule has 5 N–H and O–H groups in total. The molecule has 1 fully saturated rings. The van der Waals surface area contributed by atoms with Crippen molar-refractivity contribution >= 4 is 0 Å². The minimum absolute atomic E-state index is 0.527. The summed E-state index contributed by atoms with van der Waals surface area (Å²) in [6.07, 6.45) is -4.21. The predicted molar refractivity (Wildman–Crippen MR) is 36.0 cm³/mol. The average molecular weight is 180 g/mol. The minimum Gasteiger partial charge on any atom is -0.394 e. The molecule has 1 saturated heterocycles. The summed E-state index contributed by atoms with van der Waals surface area (Å²) in [7, 11) is 0. The SMILES string of the molecule is OC[C@H]1O[C@@H](O)C(O)(CO)[C@@H]1O. The van der Waals surface area contributed by atoms with Crippen molar-refractivity contribution in [3.05, 3.63) is 0 Å². The van der Waals surface area contributed by atoms with Gasteiger partial charge in [0.25, 0.3) is 0 Å². The summed E-state index contributed by atoms with van der Waals surface area (Å²) in [5, 5.41) is 44.8. The van der Waals surface area contributed by atoms with Gasteiger partial charge in [0, 0.05) is 0 Å². The molecule has 1 rings (SSSR count). The van der Waals surface area contributed by atoms with Crippen molar-refractivity contribution in [2.75, 3.05) is 13.2 Å². The first-order chi connectivity index (χ1) is 5.56. The smallest absolute Gasteiger partial charge is 0.189 e. The maximum absolute atomic E-state index is 9.35. The first-order valence-corrected chi connectivity index (χ1v) is 3.52. The highest BCUT2D eigenvalue weighted by atomic mass is 16.7. The lowest BCUT2D eigenvalue weighted by atomic mass is 9.97. The van der Waals surface area contributed by atoms with E-state index in [-0.39, 0.29) is 0 Å². The van der Waals surface area contributed by atoms with Crippen LogP contribution in [0.25, 0.3) is 0 Å². The Morgan fingerprint density at radius 2 is 1.83 bits per heavy atom. The van der Waals surface area contributed by atoms with E-state index in [2.05, 4.69) is 4.74 Å². The van der Waals surface area contributed by atoms with E-state index in [0.29, 0.717) is 0 Å². The van der Waals surface area contributed by atoms with Gasteiger partial charge in [-0.05, 0) is 0 Å². The summed E-state index contributed by atoms with van der Waals surface area (Å²) < 4.78 is 4.57. The maximum atomic E-state index is 9.35. The Bertz CT molecular complexity index is 162. The average Bonchev–Trinajstić information content (AvgIpc) is 2.30. The third-order valence-electron chi connectivity index (χ3n) is 2.03. The fourth-order valence-corrected chi connectivity index (χ4v) is 1.14. The summed E-state index contributed by atoms with van der Waals surface area (Å²) >= 11 is 0. The van der Waals surface area contributed by atoms with Crippen molar-refractivity contribution in [1.29, 1.82) is 0 Å². The highest BCUT2D eigenvalue weighted by molar-refractivity contribution is 4.98. The largest absolute Gasteiger partial charge is 0.394 e. The van der Waals surface area contributed by atoms with Crippen molar-refractivity contribution in [3.8, 4) is 0 Å². The molecule has 6 nitrogen and oxygen atoms in total. The van der Waals surface area contributed by atoms with E-state index in [1.807, 2.05) is 0 Å². The van der Waals surface area contributed by atoms with Gasteiger partial charge in [0.1, 0.15) is 12.2 Å². The Morgan fingerprint density at radius 3 is 2.08 bits per heavy atom. The fourth-order valence-electron chi connectivity index (χ4n) is 1.14. The third-order valence-corrected chi connectivity index (χ3v) is 2.03. The Labute approximate surface area is 68.6 Å². The zero-order chi connectivity index (χ0) is 9.35. The number of ether oxygens (including phenoxy) is 1. The van der Waals surface area contributed by atoms with E-state index in [0.717, 1.165) is 0 Å². The van der Waals surface area contributed by atoms with Gasteiger partial charge < -0.3 is 30.3 Å². The highest BCUT2D eigenvalue weighted by Crippen LogP contribution is 2.28. The molecule has 1 aliphatic heterocycles. The van der Waals surface area contributed by atoms with Crippen LogP contribution in [0, 0.1) is 0 Å². The van der Waals surface area contributed by atoms with Crippen LogP contribution in [-0.2, 0) is 4.74 Å². The maximum Gasteiger partial charge on any atom is 0.189 e. The second-order valence-corrected chi connectivity index (χ2v) is 2.80. The Hall–Kier alpha value is -0.240. The molecule has 0 saturated carbocycles. The first-order valence-electron chi connectivity index (χ1n) is 3.52. The number of aliphatic hydroxyl groups excluding tert-OH is 4. The summed E-state index contributed by atoms with van der Waals surface area (Å²) in [4.78, 5) is 0. The topological polar surface area (TPSA) is 110 Å². The van der Waals surface area contributed by atoms with Crippen LogP contribution in [-0.4, -0.2) is 62.8 Å². The molecule has 4 atom stereocenters. The van der Waals surface area contributed by atoms with Crippen LogP contribution in [0.2, 0.25) is 0 Å². The van der Waals surface area contributed by atoms with Crippen molar-refractivity contribution in [2.24, 2.45) is 0 Å². The van der Waals surface area contributed by atoms with Crippen LogP contribution in [0.4, 0.5) is 0 Å². The molecule has 0 radical (unpaired) electrons. The summed E-state index contributed by atoms with van der Waals surface area (Å²) in [6.45, 7) is -1.35. The molecule has 1 unspecified atom stereocenters. The van der Waals surface area contributed by atoms with Gasteiger partial charge >= 0.3 is 0 Å². The van der Waals surface area contributed by atoms with E-state index in [9.17, 15) is 10.2 Å². The van der Waals surface area contributed by atoms with Gasteiger partial charge in [-0.3, -0.25) is 0 Å². The van der Waals surface area contributed by atoms with Gasteiger partial charge in [0.2, 0.25) is 0 Å². The molecule has 1 heterocycles. The number of hydrogen-bond acceptors (Lipinski definition) is 6. The lowest BCUT2D eigenvalue weighted by Crippen LogP contribution is -2.51. The van der Waals surface area contributed by atoms with E-state index >= 15 is 0 Å². The van der Waals surface area contributed by atoms with Gasteiger partial charge in [0.15, 0.2) is 11.9 Å². The second kappa shape index (κ2) is 3.25. The van der Waals surface area contributed by atoms with Gasteiger partial charge in [-0.2, -0.15) is 0 Å². The van der Waals surface area contributed by atoms with Crippen LogP contribution in [0.15, 0.2) is 0 Å². The lowest BCUT2D eigenvalue weighted by Gasteiger charge is -2.25. The molecule has 0 aromatic carbocycles. The molecule has 1 aliphatic rings. The standard InChI is InChI=1S/C6H12O6/c7-1-3-4(9)6(11,2-8)5(10)12-3/h3-5,7-11H,1-2H2/t3-,4-,5-,6?/m1/s1. The normalized spacial score (nSPS) is 48.2. The Balaban J connectivity index is 2.76. The molecular formula is C6H12O6. The fraction of sp³-hybridized carbons (Fsp3) is 1.00. The number of rotatable bonds is 2. The molecule has 0 aliphatic carbocycles. The van der Waals surface area contributed by atoms with Crippen LogP contribution in [0.5, 0.6) is 0 Å².